The molecule has 1 aromatic heterocycles. The van der Waals surface area contributed by atoms with Crippen molar-refractivity contribution in [2.24, 2.45) is 10.9 Å². The van der Waals surface area contributed by atoms with Gasteiger partial charge in [0.1, 0.15) is 12.0 Å². The smallest absolute Gasteiger partial charge is 0.226 e. The first kappa shape index (κ1) is 27.4. The molecule has 4 heterocycles. The van der Waals surface area contributed by atoms with Gasteiger partial charge in [0.05, 0.1) is 18.1 Å². The van der Waals surface area contributed by atoms with Crippen molar-refractivity contribution in [3.63, 3.8) is 0 Å². The van der Waals surface area contributed by atoms with Crippen LogP contribution in [0.25, 0.3) is 6.20 Å². The average molecular weight is 554 g/mol. The van der Waals surface area contributed by atoms with Gasteiger partial charge in [-0.15, -0.1) is 0 Å². The average Bonchev–Trinajstić information content (AvgIpc) is 3.01. The number of aliphatic hydroxyl groups is 1. The summed E-state index contributed by atoms with van der Waals surface area (Å²) in [6.07, 6.45) is 3.88. The maximum atomic E-state index is 14.0. The lowest BCUT2D eigenvalue weighted by Gasteiger charge is -2.44. The largest absolute Gasteiger partial charge is 0.481 e. The number of hydrogen-bond donors (Lipinski definition) is 1. The van der Waals surface area contributed by atoms with Gasteiger partial charge in [-0.05, 0) is 43.0 Å². The van der Waals surface area contributed by atoms with E-state index in [1.165, 1.54) is 11.1 Å². The number of fused-ring (bicyclic) bond motifs is 1. The minimum atomic E-state index is -0.878. The predicted octanol–water partition coefficient (Wildman–Crippen LogP) is 2.38. The highest BCUT2D eigenvalue weighted by molar-refractivity contribution is 5.80. The Labute approximate surface area is 241 Å². The van der Waals surface area contributed by atoms with E-state index in [0.29, 0.717) is 45.0 Å². The number of methoxy groups -OCH3 is 1. The van der Waals surface area contributed by atoms with Gasteiger partial charge in [0.25, 0.3) is 0 Å². The quantitative estimate of drug-likeness (QED) is 0.484. The molecule has 2 aromatic carbocycles. The van der Waals surface area contributed by atoms with Crippen molar-refractivity contribution in [3.8, 4) is 5.88 Å². The summed E-state index contributed by atoms with van der Waals surface area (Å²) in [5.41, 5.74) is 1.65. The van der Waals surface area contributed by atoms with Crippen molar-refractivity contribution >= 4 is 12.1 Å². The van der Waals surface area contributed by atoms with E-state index in [-0.39, 0.29) is 17.7 Å². The van der Waals surface area contributed by atoms with E-state index in [1.807, 2.05) is 34.2 Å². The molecule has 0 bridgehead atoms. The van der Waals surface area contributed by atoms with Gasteiger partial charge in [-0.25, -0.2) is 4.98 Å². The van der Waals surface area contributed by atoms with Crippen LogP contribution in [0.15, 0.2) is 77.8 Å². The molecule has 41 heavy (non-hydrogen) atoms. The maximum absolute atomic E-state index is 14.0. The van der Waals surface area contributed by atoms with Crippen LogP contribution in [-0.2, 0) is 11.3 Å². The van der Waals surface area contributed by atoms with Crippen LogP contribution in [0.1, 0.15) is 36.3 Å². The second kappa shape index (κ2) is 12.0. The minimum absolute atomic E-state index is 0.0533. The van der Waals surface area contributed by atoms with Crippen LogP contribution in [-0.4, -0.2) is 82.8 Å². The molecular formula is C33H39N5O3. The third-order valence-electron chi connectivity index (χ3n) is 8.81. The zero-order valence-corrected chi connectivity index (χ0v) is 23.7. The lowest BCUT2D eigenvalue weighted by atomic mass is 9.79. The Kier molecular flexibility index (Phi) is 8.03. The van der Waals surface area contributed by atoms with Gasteiger partial charge in [-0.2, -0.15) is 0 Å². The van der Waals surface area contributed by atoms with Crippen LogP contribution < -0.4 is 15.4 Å². The molecule has 8 heteroatoms. The number of β-amino-alcohol motifs (C(OH)–C–C–N with tert-alkyl or cyclic N) is 1. The van der Waals surface area contributed by atoms with Gasteiger partial charge in [0, 0.05) is 56.8 Å². The highest BCUT2D eigenvalue weighted by atomic mass is 16.5. The second-order valence-corrected chi connectivity index (χ2v) is 11.6. The third-order valence-corrected chi connectivity index (χ3v) is 8.81. The summed E-state index contributed by atoms with van der Waals surface area (Å²) < 4.78 is 5.26. The van der Waals surface area contributed by atoms with Crippen molar-refractivity contribution in [2.45, 2.75) is 37.3 Å². The fourth-order valence-electron chi connectivity index (χ4n) is 6.52. The molecule has 2 saturated heterocycles. The number of aromatic nitrogens is 1. The first-order valence-corrected chi connectivity index (χ1v) is 14.6. The first-order chi connectivity index (χ1) is 20.0. The van der Waals surface area contributed by atoms with Gasteiger partial charge in [0.2, 0.25) is 11.8 Å². The number of likely N-dealkylation sites (tertiary alicyclic amines) is 2. The van der Waals surface area contributed by atoms with Crippen molar-refractivity contribution in [2.75, 3.05) is 46.5 Å². The zero-order chi connectivity index (χ0) is 28.2. The molecule has 2 atom stereocenters. The number of carbonyl (C=O) groups excluding carboxylic acids is 1. The molecule has 0 saturated carbocycles. The molecule has 8 nitrogen and oxygen atoms in total. The van der Waals surface area contributed by atoms with E-state index in [1.54, 1.807) is 7.11 Å². The summed E-state index contributed by atoms with van der Waals surface area (Å²) in [4.78, 5) is 29.6. The summed E-state index contributed by atoms with van der Waals surface area (Å²) in [5.74, 6) is 0.866. The SMILES string of the molecule is COc1ccc2c(n1)=CN(CC1(O)CCN(C(=O)[C@@H]3CCN(Cc4ccccc4)C[C@H]3c3ccccc3)CC1)CN=2. The van der Waals surface area contributed by atoms with Crippen LogP contribution >= 0.6 is 0 Å². The van der Waals surface area contributed by atoms with Crippen LogP contribution in [0.3, 0.4) is 0 Å². The summed E-state index contributed by atoms with van der Waals surface area (Å²) >= 11 is 0. The van der Waals surface area contributed by atoms with E-state index in [0.717, 1.165) is 36.8 Å². The van der Waals surface area contributed by atoms with Gasteiger partial charge in [0.15, 0.2) is 0 Å². The molecule has 1 amide bonds. The summed E-state index contributed by atoms with van der Waals surface area (Å²) in [6, 6.07) is 24.8. The van der Waals surface area contributed by atoms with E-state index in [2.05, 4.69) is 69.5 Å². The zero-order valence-electron chi connectivity index (χ0n) is 23.7. The van der Waals surface area contributed by atoms with Crippen LogP contribution in [0, 0.1) is 5.92 Å². The number of benzene rings is 2. The number of rotatable bonds is 7. The van der Waals surface area contributed by atoms with Crippen LogP contribution in [0.4, 0.5) is 0 Å². The maximum Gasteiger partial charge on any atom is 0.226 e. The molecule has 3 aliphatic heterocycles. The number of carbonyl (C=O) groups is 1. The van der Waals surface area contributed by atoms with Crippen LogP contribution in [0.2, 0.25) is 0 Å². The van der Waals surface area contributed by atoms with E-state index >= 15 is 0 Å². The highest BCUT2D eigenvalue weighted by Crippen LogP contribution is 2.36. The minimum Gasteiger partial charge on any atom is -0.481 e. The standard InChI is InChI=1S/C33H39N5O3/c1-41-31-13-12-29-30(35-31)22-37(24-34-29)23-33(40)15-18-38(19-16-33)32(39)27-14-17-36(20-25-8-4-2-5-9-25)21-28(27)26-10-6-3-7-11-26/h2-13,22,27-28,40H,14-21,23-24H2,1H3/t27-,28+/m1/s1. The molecule has 0 unspecified atom stereocenters. The Balaban J connectivity index is 1.10. The molecule has 0 spiro atoms. The van der Waals surface area contributed by atoms with Crippen molar-refractivity contribution < 1.29 is 14.6 Å². The molecule has 2 fully saturated rings. The number of amides is 1. The monoisotopic (exact) mass is 553 g/mol. The molecule has 214 valence electrons. The van der Waals surface area contributed by atoms with E-state index < -0.39 is 5.60 Å². The Bertz CT molecular complexity index is 1460. The van der Waals surface area contributed by atoms with Gasteiger partial charge < -0.3 is 19.6 Å². The first-order valence-electron chi connectivity index (χ1n) is 14.6. The van der Waals surface area contributed by atoms with E-state index in [9.17, 15) is 9.90 Å². The van der Waals surface area contributed by atoms with Crippen molar-refractivity contribution in [3.05, 3.63) is 94.6 Å². The molecule has 0 aliphatic carbocycles. The van der Waals surface area contributed by atoms with Gasteiger partial charge in [-0.1, -0.05) is 60.7 Å². The summed E-state index contributed by atoms with van der Waals surface area (Å²) in [7, 11) is 1.60. The Hall–Kier alpha value is -3.75. The van der Waals surface area contributed by atoms with Gasteiger partial charge >= 0.3 is 0 Å². The normalized spacial score (nSPS) is 22.3. The summed E-state index contributed by atoms with van der Waals surface area (Å²) in [6.45, 7) is 4.73. The fraction of sp³-hybridized carbons (Fsp3) is 0.424. The molecule has 1 N–H and O–H groups in total. The number of hydrogen-bond acceptors (Lipinski definition) is 7. The predicted molar refractivity (Wildman–Crippen MR) is 157 cm³/mol. The van der Waals surface area contributed by atoms with Crippen molar-refractivity contribution in [1.82, 2.24) is 19.7 Å². The molecule has 3 aromatic rings. The van der Waals surface area contributed by atoms with Gasteiger partial charge in [-0.3, -0.25) is 14.7 Å². The molecule has 0 radical (unpaired) electrons. The van der Waals surface area contributed by atoms with E-state index in [4.69, 9.17) is 4.74 Å². The lowest BCUT2D eigenvalue weighted by molar-refractivity contribution is -0.142. The fourth-order valence-corrected chi connectivity index (χ4v) is 6.52. The highest BCUT2D eigenvalue weighted by Gasteiger charge is 2.41. The number of ether oxygens (including phenoxy) is 1. The molecule has 6 rings (SSSR count). The number of nitrogens with zero attached hydrogens (tertiary/aromatic N) is 5. The second-order valence-electron chi connectivity index (χ2n) is 11.6. The summed E-state index contributed by atoms with van der Waals surface area (Å²) in [5, 5.41) is 13.1. The Morgan fingerprint density at radius 3 is 2.46 bits per heavy atom. The molecular weight excluding hydrogens is 514 g/mol. The number of pyridine rings is 1. The van der Waals surface area contributed by atoms with Crippen molar-refractivity contribution in [1.29, 1.82) is 0 Å². The Morgan fingerprint density at radius 2 is 1.73 bits per heavy atom. The Morgan fingerprint density at radius 1 is 1.00 bits per heavy atom. The third kappa shape index (κ3) is 6.29. The number of piperidine rings is 2. The topological polar surface area (TPSA) is 81.5 Å². The van der Waals surface area contributed by atoms with Crippen LogP contribution in [0.5, 0.6) is 5.88 Å². The lowest BCUT2D eigenvalue weighted by Crippen LogP contribution is -2.54. The molecule has 3 aliphatic rings.